The van der Waals surface area contributed by atoms with Crippen LogP contribution in [0, 0.1) is 5.92 Å². The number of hydrogen-bond acceptors (Lipinski definition) is 1. The van der Waals surface area contributed by atoms with Crippen molar-refractivity contribution in [3.63, 3.8) is 0 Å². The summed E-state index contributed by atoms with van der Waals surface area (Å²) >= 11 is 3.59. The van der Waals surface area contributed by atoms with Gasteiger partial charge in [-0.15, -0.1) is 0 Å². The van der Waals surface area contributed by atoms with Gasteiger partial charge in [-0.25, -0.2) is 0 Å². The molecule has 1 amide bonds. The van der Waals surface area contributed by atoms with Gasteiger partial charge in [-0.2, -0.15) is 0 Å². The number of unbranched alkanes of at least 4 members (excludes halogenated alkanes) is 3. The summed E-state index contributed by atoms with van der Waals surface area (Å²) in [5, 5.41) is 2.98. The normalized spacial score (nSPS) is 12.8. The number of carbonyl (C=O) groups is 1. The first-order valence-electron chi connectivity index (χ1n) is 6.47. The summed E-state index contributed by atoms with van der Waals surface area (Å²) < 4.78 is 0. The maximum absolute atomic E-state index is 11.5. The minimum Gasteiger partial charge on any atom is -0.355 e. The van der Waals surface area contributed by atoms with E-state index in [0.717, 1.165) is 19.4 Å². The molecule has 1 atom stereocenters. The molecule has 1 N–H and O–H groups in total. The molecule has 0 saturated carbocycles. The third kappa shape index (κ3) is 10.5. The molecule has 2 nitrogen and oxygen atoms in total. The van der Waals surface area contributed by atoms with Gasteiger partial charge in [0.2, 0.25) is 5.91 Å². The van der Waals surface area contributed by atoms with E-state index in [9.17, 15) is 4.79 Å². The summed E-state index contributed by atoms with van der Waals surface area (Å²) in [6.45, 7) is 7.33. The van der Waals surface area contributed by atoms with Crippen LogP contribution in [0.5, 0.6) is 0 Å². The summed E-state index contributed by atoms with van der Waals surface area (Å²) in [5.74, 6) is 0.871. The minimum atomic E-state index is 0.198. The summed E-state index contributed by atoms with van der Waals surface area (Å²) in [7, 11) is 0. The van der Waals surface area contributed by atoms with E-state index in [-0.39, 0.29) is 5.91 Å². The highest BCUT2D eigenvalue weighted by Crippen LogP contribution is 2.11. The van der Waals surface area contributed by atoms with Crippen LogP contribution in [-0.2, 0) is 4.79 Å². The highest BCUT2D eigenvalue weighted by atomic mass is 79.9. The van der Waals surface area contributed by atoms with Crippen molar-refractivity contribution in [2.45, 2.75) is 64.1 Å². The monoisotopic (exact) mass is 291 g/mol. The van der Waals surface area contributed by atoms with E-state index in [1.165, 1.54) is 19.3 Å². The summed E-state index contributed by atoms with van der Waals surface area (Å²) in [6.07, 6.45) is 6.45. The van der Waals surface area contributed by atoms with Gasteiger partial charge >= 0.3 is 0 Å². The SMILES string of the molecule is CCCCCCC(=O)NCC(Br)CC(C)C. The lowest BCUT2D eigenvalue weighted by molar-refractivity contribution is -0.121. The second-order valence-electron chi connectivity index (χ2n) is 4.84. The Morgan fingerprint density at radius 3 is 2.50 bits per heavy atom. The standard InChI is InChI=1S/C13H26BrNO/c1-4-5-6-7-8-13(16)15-10-12(14)9-11(2)3/h11-12H,4-10H2,1-3H3,(H,15,16). The molecule has 0 fully saturated rings. The van der Waals surface area contributed by atoms with E-state index in [0.29, 0.717) is 17.2 Å². The number of amides is 1. The average Bonchev–Trinajstić information content (AvgIpc) is 2.20. The predicted molar refractivity (Wildman–Crippen MR) is 73.9 cm³/mol. The Bertz CT molecular complexity index is 183. The van der Waals surface area contributed by atoms with Crippen molar-refractivity contribution in [3.8, 4) is 0 Å². The number of nitrogens with one attached hydrogen (secondary N) is 1. The zero-order valence-electron chi connectivity index (χ0n) is 10.9. The lowest BCUT2D eigenvalue weighted by Gasteiger charge is -2.13. The number of hydrogen-bond donors (Lipinski definition) is 1. The molecule has 0 heterocycles. The molecule has 0 aromatic carbocycles. The molecule has 0 aromatic rings. The van der Waals surface area contributed by atoms with E-state index in [1.54, 1.807) is 0 Å². The molecule has 96 valence electrons. The molecular formula is C13H26BrNO. The molecule has 0 saturated heterocycles. The Labute approximate surface area is 109 Å². The zero-order chi connectivity index (χ0) is 12.4. The number of alkyl halides is 1. The second-order valence-corrected chi connectivity index (χ2v) is 6.14. The van der Waals surface area contributed by atoms with Gasteiger partial charge in [-0.3, -0.25) is 4.79 Å². The summed E-state index contributed by atoms with van der Waals surface area (Å²) in [4.78, 5) is 11.9. The van der Waals surface area contributed by atoms with Gasteiger partial charge < -0.3 is 5.32 Å². The number of halogens is 1. The number of carbonyl (C=O) groups excluding carboxylic acids is 1. The van der Waals surface area contributed by atoms with E-state index in [4.69, 9.17) is 0 Å². The molecule has 0 aliphatic heterocycles. The lowest BCUT2D eigenvalue weighted by atomic mass is 10.1. The summed E-state index contributed by atoms with van der Waals surface area (Å²) in [5.41, 5.74) is 0. The van der Waals surface area contributed by atoms with Crippen molar-refractivity contribution < 1.29 is 4.79 Å². The molecule has 0 aliphatic carbocycles. The Morgan fingerprint density at radius 1 is 1.25 bits per heavy atom. The predicted octanol–water partition coefficient (Wildman–Crippen LogP) is 3.88. The molecule has 0 radical (unpaired) electrons. The van der Waals surface area contributed by atoms with Crippen LogP contribution >= 0.6 is 15.9 Å². The Balaban J connectivity index is 3.42. The average molecular weight is 292 g/mol. The molecule has 0 aromatic heterocycles. The van der Waals surface area contributed by atoms with Crippen LogP contribution in [0.25, 0.3) is 0 Å². The van der Waals surface area contributed by atoms with Gasteiger partial charge in [0.15, 0.2) is 0 Å². The largest absolute Gasteiger partial charge is 0.355 e. The minimum absolute atomic E-state index is 0.198. The Hall–Kier alpha value is -0.0500. The molecule has 16 heavy (non-hydrogen) atoms. The van der Waals surface area contributed by atoms with E-state index in [1.807, 2.05) is 0 Å². The highest BCUT2D eigenvalue weighted by Gasteiger charge is 2.08. The quantitative estimate of drug-likeness (QED) is 0.507. The van der Waals surface area contributed by atoms with Gasteiger partial charge in [-0.1, -0.05) is 56.0 Å². The van der Waals surface area contributed by atoms with Crippen LogP contribution in [0.2, 0.25) is 0 Å². The third-order valence-corrected chi connectivity index (χ3v) is 3.20. The fraction of sp³-hybridized carbons (Fsp3) is 0.923. The Morgan fingerprint density at radius 2 is 1.94 bits per heavy atom. The maximum atomic E-state index is 11.5. The lowest BCUT2D eigenvalue weighted by Crippen LogP contribution is -2.29. The highest BCUT2D eigenvalue weighted by molar-refractivity contribution is 9.09. The van der Waals surface area contributed by atoms with Crippen molar-refractivity contribution in [2.75, 3.05) is 6.54 Å². The first-order valence-corrected chi connectivity index (χ1v) is 7.38. The van der Waals surface area contributed by atoms with Crippen LogP contribution in [0.3, 0.4) is 0 Å². The van der Waals surface area contributed by atoms with Gasteiger partial charge in [-0.05, 0) is 18.8 Å². The molecule has 3 heteroatoms. The van der Waals surface area contributed by atoms with Crippen molar-refractivity contribution in [1.82, 2.24) is 5.32 Å². The molecule has 0 spiro atoms. The topological polar surface area (TPSA) is 29.1 Å². The van der Waals surface area contributed by atoms with Crippen molar-refractivity contribution in [3.05, 3.63) is 0 Å². The third-order valence-electron chi connectivity index (χ3n) is 2.51. The molecule has 0 rings (SSSR count). The van der Waals surface area contributed by atoms with Gasteiger partial charge in [0.25, 0.3) is 0 Å². The Kier molecular flexibility index (Phi) is 10.1. The first kappa shape index (κ1) is 16.0. The van der Waals surface area contributed by atoms with Gasteiger partial charge in [0.05, 0.1) is 0 Å². The van der Waals surface area contributed by atoms with Crippen molar-refractivity contribution in [1.29, 1.82) is 0 Å². The van der Waals surface area contributed by atoms with Crippen LogP contribution in [0.1, 0.15) is 59.3 Å². The molecule has 1 unspecified atom stereocenters. The molecule has 0 bridgehead atoms. The van der Waals surface area contributed by atoms with Crippen LogP contribution in [0.15, 0.2) is 0 Å². The first-order chi connectivity index (χ1) is 7.56. The second kappa shape index (κ2) is 10.1. The smallest absolute Gasteiger partial charge is 0.220 e. The van der Waals surface area contributed by atoms with Crippen molar-refractivity contribution >= 4 is 21.8 Å². The van der Waals surface area contributed by atoms with Gasteiger partial charge in [0, 0.05) is 17.8 Å². The van der Waals surface area contributed by atoms with Crippen LogP contribution < -0.4 is 5.32 Å². The molecule has 0 aliphatic rings. The fourth-order valence-electron chi connectivity index (χ4n) is 1.62. The fourth-order valence-corrected chi connectivity index (χ4v) is 2.53. The van der Waals surface area contributed by atoms with E-state index >= 15 is 0 Å². The van der Waals surface area contributed by atoms with Crippen molar-refractivity contribution in [2.24, 2.45) is 5.92 Å². The van der Waals surface area contributed by atoms with Crippen LogP contribution in [-0.4, -0.2) is 17.3 Å². The van der Waals surface area contributed by atoms with E-state index < -0.39 is 0 Å². The zero-order valence-corrected chi connectivity index (χ0v) is 12.5. The van der Waals surface area contributed by atoms with Gasteiger partial charge in [0.1, 0.15) is 0 Å². The van der Waals surface area contributed by atoms with Crippen LogP contribution in [0.4, 0.5) is 0 Å². The molecular weight excluding hydrogens is 266 g/mol. The maximum Gasteiger partial charge on any atom is 0.220 e. The summed E-state index contributed by atoms with van der Waals surface area (Å²) in [6, 6.07) is 0. The van der Waals surface area contributed by atoms with E-state index in [2.05, 4.69) is 42.0 Å². The number of rotatable bonds is 9.